The molecule has 25 heavy (non-hydrogen) atoms. The molecule has 1 amide bonds. The molecular formula is C21H18N2O2. The van der Waals surface area contributed by atoms with Crippen LogP contribution in [0.25, 0.3) is 21.9 Å². The molecule has 0 radical (unpaired) electrons. The molecule has 0 aliphatic heterocycles. The molecule has 0 N–H and O–H groups in total. The van der Waals surface area contributed by atoms with Crippen LogP contribution in [0.4, 0.5) is 0 Å². The Kier molecular flexibility index (Phi) is 3.73. The van der Waals surface area contributed by atoms with Gasteiger partial charge in [0.05, 0.1) is 17.1 Å². The number of amides is 1. The van der Waals surface area contributed by atoms with Crippen LogP contribution in [0.3, 0.4) is 0 Å². The molecule has 124 valence electrons. The number of carbonyl (C=O) groups excluding carboxylic acids is 1. The van der Waals surface area contributed by atoms with E-state index in [4.69, 9.17) is 4.42 Å². The molecule has 0 saturated heterocycles. The predicted molar refractivity (Wildman–Crippen MR) is 98.5 cm³/mol. The van der Waals surface area contributed by atoms with Crippen LogP contribution in [0, 0.1) is 0 Å². The highest BCUT2D eigenvalue weighted by molar-refractivity contribution is 6.06. The summed E-state index contributed by atoms with van der Waals surface area (Å²) in [6.45, 7) is 1.97. The normalized spacial score (nSPS) is 12.4. The first-order valence-corrected chi connectivity index (χ1v) is 8.24. The van der Waals surface area contributed by atoms with Gasteiger partial charge in [-0.2, -0.15) is 0 Å². The molecule has 4 aromatic rings. The second kappa shape index (κ2) is 6.06. The van der Waals surface area contributed by atoms with Crippen molar-refractivity contribution in [1.29, 1.82) is 0 Å². The van der Waals surface area contributed by atoms with Crippen LogP contribution in [-0.2, 0) is 0 Å². The van der Waals surface area contributed by atoms with Crippen molar-refractivity contribution >= 4 is 27.8 Å². The zero-order chi connectivity index (χ0) is 17.4. The van der Waals surface area contributed by atoms with E-state index in [1.807, 2.05) is 61.5 Å². The van der Waals surface area contributed by atoms with Crippen LogP contribution in [0.2, 0.25) is 0 Å². The van der Waals surface area contributed by atoms with E-state index in [0.717, 1.165) is 27.6 Å². The van der Waals surface area contributed by atoms with Crippen molar-refractivity contribution in [2.75, 3.05) is 7.05 Å². The maximum atomic E-state index is 13.0. The molecule has 0 fully saturated rings. The molecule has 2 aromatic carbocycles. The van der Waals surface area contributed by atoms with Crippen LogP contribution in [-0.4, -0.2) is 22.8 Å². The zero-order valence-corrected chi connectivity index (χ0v) is 14.1. The van der Waals surface area contributed by atoms with Crippen molar-refractivity contribution in [2.45, 2.75) is 13.0 Å². The minimum absolute atomic E-state index is 0.0495. The number of rotatable bonds is 3. The van der Waals surface area contributed by atoms with Gasteiger partial charge in [-0.25, -0.2) is 0 Å². The Labute approximate surface area is 145 Å². The fraction of sp³-hybridized carbons (Fsp3) is 0.143. The third kappa shape index (κ3) is 2.66. The number of fused-ring (bicyclic) bond motifs is 2. The molecule has 0 spiro atoms. The lowest BCUT2D eigenvalue weighted by Crippen LogP contribution is -2.29. The van der Waals surface area contributed by atoms with Crippen molar-refractivity contribution in [3.8, 4) is 0 Å². The van der Waals surface area contributed by atoms with Crippen LogP contribution < -0.4 is 0 Å². The third-order valence-electron chi connectivity index (χ3n) is 4.64. The lowest BCUT2D eigenvalue weighted by atomic mass is 10.1. The second-order valence-corrected chi connectivity index (χ2v) is 6.15. The summed E-state index contributed by atoms with van der Waals surface area (Å²) in [6.07, 6.45) is 1.68. The van der Waals surface area contributed by atoms with Crippen molar-refractivity contribution < 1.29 is 9.21 Å². The number of carbonyl (C=O) groups is 1. The summed E-state index contributed by atoms with van der Waals surface area (Å²) in [4.78, 5) is 19.1. The average molecular weight is 330 g/mol. The highest BCUT2D eigenvalue weighted by Gasteiger charge is 2.23. The van der Waals surface area contributed by atoms with Gasteiger partial charge < -0.3 is 9.32 Å². The Morgan fingerprint density at radius 3 is 2.68 bits per heavy atom. The largest absolute Gasteiger partial charge is 0.459 e. The Morgan fingerprint density at radius 1 is 1.08 bits per heavy atom. The van der Waals surface area contributed by atoms with Crippen LogP contribution >= 0.6 is 0 Å². The Bertz CT molecular complexity index is 1030. The standard InChI is InChI=1S/C21H18N2O2/c1-14(20-13-15-7-3-6-10-19(15)25-20)23(2)21(24)17-11-12-22-18-9-5-4-8-16(17)18/h3-14H,1-2H3. The molecule has 0 saturated carbocycles. The number of benzene rings is 2. The van der Waals surface area contributed by atoms with E-state index in [9.17, 15) is 4.79 Å². The molecule has 1 unspecified atom stereocenters. The Morgan fingerprint density at radius 2 is 1.84 bits per heavy atom. The van der Waals surface area contributed by atoms with E-state index in [0.29, 0.717) is 5.56 Å². The maximum absolute atomic E-state index is 13.0. The predicted octanol–water partition coefficient (Wildman–Crippen LogP) is 4.81. The Hall–Kier alpha value is -3.14. The number of pyridine rings is 1. The van der Waals surface area contributed by atoms with E-state index in [1.54, 1.807) is 24.2 Å². The third-order valence-corrected chi connectivity index (χ3v) is 4.64. The summed E-state index contributed by atoms with van der Waals surface area (Å²) in [5.41, 5.74) is 2.30. The van der Waals surface area contributed by atoms with E-state index in [1.165, 1.54) is 0 Å². The highest BCUT2D eigenvalue weighted by atomic mass is 16.3. The van der Waals surface area contributed by atoms with Crippen molar-refractivity contribution in [2.24, 2.45) is 0 Å². The first-order valence-electron chi connectivity index (χ1n) is 8.24. The summed E-state index contributed by atoms with van der Waals surface area (Å²) in [5.74, 6) is 0.724. The van der Waals surface area contributed by atoms with Gasteiger partial charge in [0.25, 0.3) is 5.91 Å². The van der Waals surface area contributed by atoms with Gasteiger partial charge in [-0.1, -0.05) is 36.4 Å². The molecule has 0 bridgehead atoms. The first kappa shape index (κ1) is 15.4. The number of hydrogen-bond donors (Lipinski definition) is 0. The van der Waals surface area contributed by atoms with Crippen molar-refractivity contribution in [3.63, 3.8) is 0 Å². The van der Waals surface area contributed by atoms with Gasteiger partial charge in [0.15, 0.2) is 0 Å². The van der Waals surface area contributed by atoms with Gasteiger partial charge in [-0.15, -0.1) is 0 Å². The summed E-state index contributed by atoms with van der Waals surface area (Å²) in [7, 11) is 1.80. The van der Waals surface area contributed by atoms with E-state index < -0.39 is 0 Å². The number of hydrogen-bond acceptors (Lipinski definition) is 3. The number of nitrogens with zero attached hydrogens (tertiary/aromatic N) is 2. The fourth-order valence-corrected chi connectivity index (χ4v) is 3.05. The monoisotopic (exact) mass is 330 g/mol. The van der Waals surface area contributed by atoms with Crippen LogP contribution in [0.5, 0.6) is 0 Å². The molecule has 4 rings (SSSR count). The minimum Gasteiger partial charge on any atom is -0.459 e. The maximum Gasteiger partial charge on any atom is 0.254 e. The molecule has 0 aliphatic rings. The molecule has 4 heteroatoms. The lowest BCUT2D eigenvalue weighted by Gasteiger charge is -2.23. The zero-order valence-electron chi connectivity index (χ0n) is 14.1. The topological polar surface area (TPSA) is 46.3 Å². The average Bonchev–Trinajstić information content (AvgIpc) is 3.10. The van der Waals surface area contributed by atoms with Gasteiger partial charge in [0.1, 0.15) is 11.3 Å². The molecule has 2 aromatic heterocycles. The van der Waals surface area contributed by atoms with E-state index >= 15 is 0 Å². The Balaban J connectivity index is 1.69. The molecule has 2 heterocycles. The lowest BCUT2D eigenvalue weighted by molar-refractivity contribution is 0.0729. The summed E-state index contributed by atoms with van der Waals surface area (Å²) in [5, 5.41) is 1.90. The van der Waals surface area contributed by atoms with Gasteiger partial charge in [0, 0.05) is 24.0 Å². The number of aromatic nitrogens is 1. The SMILES string of the molecule is CC(c1cc2ccccc2o1)N(C)C(=O)c1ccnc2ccccc12. The van der Waals surface area contributed by atoms with Crippen LogP contribution in [0.15, 0.2) is 71.3 Å². The van der Waals surface area contributed by atoms with Gasteiger partial charge in [-0.05, 0) is 31.2 Å². The van der Waals surface area contributed by atoms with Gasteiger partial charge >= 0.3 is 0 Å². The summed E-state index contributed by atoms with van der Waals surface area (Å²) >= 11 is 0. The summed E-state index contributed by atoms with van der Waals surface area (Å²) < 4.78 is 5.92. The molecule has 0 aliphatic carbocycles. The first-order chi connectivity index (χ1) is 12.1. The van der Waals surface area contributed by atoms with E-state index in [2.05, 4.69) is 4.98 Å². The van der Waals surface area contributed by atoms with Gasteiger partial charge in [-0.3, -0.25) is 9.78 Å². The fourth-order valence-electron chi connectivity index (χ4n) is 3.05. The summed E-state index contributed by atoms with van der Waals surface area (Å²) in [6, 6.07) is 19.1. The second-order valence-electron chi connectivity index (χ2n) is 6.15. The highest BCUT2D eigenvalue weighted by Crippen LogP contribution is 2.28. The van der Waals surface area contributed by atoms with Crippen molar-refractivity contribution in [1.82, 2.24) is 9.88 Å². The number of furan rings is 1. The van der Waals surface area contributed by atoms with Gasteiger partial charge in [0.2, 0.25) is 0 Å². The quantitative estimate of drug-likeness (QED) is 0.541. The molecule has 1 atom stereocenters. The minimum atomic E-state index is -0.174. The number of para-hydroxylation sites is 2. The van der Waals surface area contributed by atoms with E-state index in [-0.39, 0.29) is 11.9 Å². The van der Waals surface area contributed by atoms with Crippen molar-refractivity contribution in [3.05, 3.63) is 78.2 Å². The molecule has 4 nitrogen and oxygen atoms in total. The molecular weight excluding hydrogens is 312 g/mol. The van der Waals surface area contributed by atoms with Crippen LogP contribution in [0.1, 0.15) is 29.1 Å². The smallest absolute Gasteiger partial charge is 0.254 e.